The maximum absolute atomic E-state index is 12.2. The summed E-state index contributed by atoms with van der Waals surface area (Å²) in [6.45, 7) is 18.9. The highest BCUT2D eigenvalue weighted by atomic mass is 32.1. The van der Waals surface area contributed by atoms with Crippen molar-refractivity contribution in [3.05, 3.63) is 58.3 Å². The lowest BCUT2D eigenvalue weighted by atomic mass is 10.2. The number of aliphatic hydroxyl groups is 1. The minimum Gasteiger partial charge on any atom is -0.382 e. The van der Waals surface area contributed by atoms with E-state index in [0.717, 1.165) is 0 Å². The minimum absolute atomic E-state index is 0.393. The molecule has 0 amide bonds. The van der Waals surface area contributed by atoms with E-state index >= 15 is 0 Å². The van der Waals surface area contributed by atoms with Crippen molar-refractivity contribution in [3.63, 3.8) is 0 Å². The van der Waals surface area contributed by atoms with E-state index in [1.807, 2.05) is 22.7 Å². The van der Waals surface area contributed by atoms with E-state index in [9.17, 15) is 5.11 Å². The van der Waals surface area contributed by atoms with Gasteiger partial charge in [0.25, 0.3) is 0 Å². The molecule has 2 aromatic heterocycles. The van der Waals surface area contributed by atoms with Gasteiger partial charge in [-0.3, -0.25) is 0 Å². The zero-order valence-electron chi connectivity index (χ0n) is 21.7. The number of fused-ring (bicyclic) bond motifs is 2. The van der Waals surface area contributed by atoms with Crippen molar-refractivity contribution >= 4 is 69.3 Å². The van der Waals surface area contributed by atoms with Gasteiger partial charge in [-0.1, -0.05) is 108 Å². The highest BCUT2D eigenvalue weighted by Crippen LogP contribution is 2.54. The Balaban J connectivity index is 2.00. The quantitative estimate of drug-likeness (QED) is 0.226. The maximum Gasteiger partial charge on any atom is 0.124 e. The topological polar surface area (TPSA) is 20.2 Å². The Morgan fingerprint density at radius 1 is 0.559 bits per heavy atom. The third kappa shape index (κ3) is 4.77. The fourth-order valence-electron chi connectivity index (χ4n) is 5.35. The predicted octanol–water partition coefficient (Wildman–Crippen LogP) is 9.05. The minimum atomic E-state index is -0.565. The lowest BCUT2D eigenvalue weighted by Gasteiger charge is -2.30. The first-order chi connectivity index (χ1) is 16.1. The number of aliphatic hydroxyl groups excluding tert-OH is 1. The first-order valence-corrected chi connectivity index (χ1v) is 17.0. The van der Waals surface area contributed by atoms with Crippen LogP contribution in [0.3, 0.4) is 0 Å². The first-order valence-electron chi connectivity index (χ1n) is 12.4. The van der Waals surface area contributed by atoms with Gasteiger partial charge in [0.1, 0.15) is 6.10 Å². The van der Waals surface area contributed by atoms with E-state index in [0.29, 0.717) is 22.6 Å². The Labute approximate surface area is 216 Å². The third-order valence-electron chi connectivity index (χ3n) is 6.43. The van der Waals surface area contributed by atoms with Gasteiger partial charge < -0.3 is 5.11 Å². The summed E-state index contributed by atoms with van der Waals surface area (Å²) in [5.41, 5.74) is 2.29. The van der Waals surface area contributed by atoms with Gasteiger partial charge in [0.05, 0.1) is 0 Å². The summed E-state index contributed by atoms with van der Waals surface area (Å²) >= 11 is 3.63. The fourth-order valence-corrected chi connectivity index (χ4v) is 14.8. The molecule has 0 fully saturated rings. The average Bonchev–Trinajstić information content (AvgIpc) is 3.32. The maximum atomic E-state index is 12.2. The van der Waals surface area contributed by atoms with Crippen LogP contribution in [0.25, 0.3) is 20.2 Å². The molecule has 0 unspecified atom stereocenters. The second-order valence-electron chi connectivity index (χ2n) is 10.2. The lowest BCUT2D eigenvalue weighted by Crippen LogP contribution is -2.22. The molecule has 2 heterocycles. The SMILES string of the molecule is CC(C)P(c1c(C(O)c2sc3ccccc3c2P(C(C)C)C(C)C)sc2ccccc12)C(C)C. The Kier molecular flexibility index (Phi) is 8.23. The number of hydrogen-bond donors (Lipinski definition) is 1. The van der Waals surface area contributed by atoms with Crippen LogP contribution >= 0.6 is 38.5 Å². The van der Waals surface area contributed by atoms with E-state index < -0.39 is 21.9 Å². The van der Waals surface area contributed by atoms with Crippen LogP contribution in [0.4, 0.5) is 0 Å². The Bertz CT molecular complexity index is 1150. The molecule has 0 aliphatic carbocycles. The molecule has 34 heavy (non-hydrogen) atoms. The smallest absolute Gasteiger partial charge is 0.124 e. The monoisotopic (exact) mass is 528 g/mol. The molecule has 4 rings (SSSR count). The van der Waals surface area contributed by atoms with Gasteiger partial charge >= 0.3 is 0 Å². The van der Waals surface area contributed by atoms with Crippen molar-refractivity contribution < 1.29 is 5.11 Å². The molecule has 0 aliphatic rings. The van der Waals surface area contributed by atoms with Crippen molar-refractivity contribution in [1.29, 1.82) is 0 Å². The summed E-state index contributed by atoms with van der Waals surface area (Å²) in [5, 5.41) is 17.8. The Morgan fingerprint density at radius 2 is 0.882 bits per heavy atom. The molecular weight excluding hydrogens is 490 g/mol. The lowest BCUT2D eigenvalue weighted by molar-refractivity contribution is 0.230. The molecule has 0 saturated carbocycles. The number of rotatable bonds is 8. The average molecular weight is 529 g/mol. The highest BCUT2D eigenvalue weighted by molar-refractivity contribution is 7.68. The third-order valence-corrected chi connectivity index (χ3v) is 15.6. The summed E-state index contributed by atoms with van der Waals surface area (Å²) in [5.74, 6) is 0. The van der Waals surface area contributed by atoms with Gasteiger partial charge in [0.2, 0.25) is 0 Å². The molecular formula is C29H38OP2S2. The van der Waals surface area contributed by atoms with Crippen molar-refractivity contribution in [2.24, 2.45) is 0 Å². The van der Waals surface area contributed by atoms with Crippen molar-refractivity contribution in [2.45, 2.75) is 84.1 Å². The molecule has 0 radical (unpaired) electrons. The summed E-state index contributed by atoms with van der Waals surface area (Å²) in [7, 11) is -0.787. The first kappa shape index (κ1) is 26.2. The number of hydrogen-bond acceptors (Lipinski definition) is 3. The molecule has 0 spiro atoms. The summed E-state index contributed by atoms with van der Waals surface area (Å²) in [4.78, 5) is 2.37. The molecule has 4 aromatic rings. The summed E-state index contributed by atoms with van der Waals surface area (Å²) < 4.78 is 2.61. The fraction of sp³-hybridized carbons (Fsp3) is 0.448. The number of thiophene rings is 2. The van der Waals surface area contributed by atoms with E-state index in [4.69, 9.17) is 0 Å². The van der Waals surface area contributed by atoms with Crippen LogP contribution in [-0.2, 0) is 0 Å². The van der Waals surface area contributed by atoms with E-state index in [2.05, 4.69) is 104 Å². The molecule has 0 aliphatic heterocycles. The van der Waals surface area contributed by atoms with Crippen LogP contribution in [0.2, 0.25) is 0 Å². The molecule has 5 heteroatoms. The Hall–Kier alpha value is -0.820. The molecule has 2 aromatic carbocycles. The van der Waals surface area contributed by atoms with Gasteiger partial charge in [-0.25, -0.2) is 0 Å². The van der Waals surface area contributed by atoms with Crippen molar-refractivity contribution in [2.75, 3.05) is 0 Å². The summed E-state index contributed by atoms with van der Waals surface area (Å²) in [6, 6.07) is 17.6. The van der Waals surface area contributed by atoms with Gasteiger partial charge in [0.15, 0.2) is 0 Å². The second-order valence-corrected chi connectivity index (χ2v) is 19.0. The summed E-state index contributed by atoms with van der Waals surface area (Å²) in [6.07, 6.45) is -0.565. The van der Waals surface area contributed by atoms with Gasteiger partial charge in [-0.05, 0) is 34.8 Å². The van der Waals surface area contributed by atoms with E-state index in [1.54, 1.807) is 0 Å². The molecule has 0 bridgehead atoms. The zero-order chi connectivity index (χ0) is 24.7. The van der Waals surface area contributed by atoms with E-state index in [-0.39, 0.29) is 0 Å². The zero-order valence-corrected chi connectivity index (χ0v) is 25.1. The standard InChI is InChI=1S/C29H38OP2S2/c1-17(2)31(18(3)4)26-21-13-9-11-15-23(21)33-28(26)25(30)29-27(32(19(5)6)20(7)8)22-14-10-12-16-24(22)34-29/h9-20,25,30H,1-8H3. The molecule has 1 N–H and O–H groups in total. The van der Waals surface area contributed by atoms with Crippen LogP contribution in [0.15, 0.2) is 48.5 Å². The van der Waals surface area contributed by atoms with Gasteiger partial charge in [-0.2, -0.15) is 0 Å². The normalized spacial score (nSPS) is 12.9. The van der Waals surface area contributed by atoms with Crippen LogP contribution in [0.5, 0.6) is 0 Å². The van der Waals surface area contributed by atoms with Crippen LogP contribution in [-0.4, -0.2) is 27.7 Å². The predicted molar refractivity (Wildman–Crippen MR) is 161 cm³/mol. The Morgan fingerprint density at radius 3 is 1.21 bits per heavy atom. The number of benzene rings is 2. The van der Waals surface area contributed by atoms with Crippen molar-refractivity contribution in [3.8, 4) is 0 Å². The van der Waals surface area contributed by atoms with Gasteiger partial charge in [0, 0.05) is 40.5 Å². The second kappa shape index (κ2) is 10.7. The molecule has 0 saturated heterocycles. The van der Waals surface area contributed by atoms with Crippen LogP contribution in [0, 0.1) is 0 Å². The highest BCUT2D eigenvalue weighted by Gasteiger charge is 2.34. The largest absolute Gasteiger partial charge is 0.382 e. The molecule has 1 nitrogen and oxygen atoms in total. The molecule has 0 atom stereocenters. The van der Waals surface area contributed by atoms with Gasteiger partial charge in [-0.15, -0.1) is 22.7 Å². The van der Waals surface area contributed by atoms with Crippen LogP contribution < -0.4 is 10.6 Å². The molecule has 182 valence electrons. The van der Waals surface area contributed by atoms with Crippen molar-refractivity contribution in [1.82, 2.24) is 0 Å². The van der Waals surface area contributed by atoms with Crippen LogP contribution in [0.1, 0.15) is 71.2 Å². The van der Waals surface area contributed by atoms with E-state index in [1.165, 1.54) is 40.5 Å².